The molecule has 0 bridgehead atoms. The fraction of sp³-hybridized carbons (Fsp3) is 0.633. The molecule has 36 heavy (non-hydrogen) atoms. The lowest BCUT2D eigenvalue weighted by molar-refractivity contribution is -0.127. The number of halogens is 1. The summed E-state index contributed by atoms with van der Waals surface area (Å²) >= 11 is 6.25. The van der Waals surface area contributed by atoms with Gasteiger partial charge < -0.3 is 20.2 Å². The van der Waals surface area contributed by atoms with Crippen molar-refractivity contribution in [2.24, 2.45) is 17.8 Å². The van der Waals surface area contributed by atoms with E-state index in [-0.39, 0.29) is 23.5 Å². The van der Waals surface area contributed by atoms with Crippen LogP contribution in [0.3, 0.4) is 0 Å². The number of rotatable bonds is 8. The maximum absolute atomic E-state index is 13.2. The maximum atomic E-state index is 13.2. The van der Waals surface area contributed by atoms with E-state index < -0.39 is 0 Å². The summed E-state index contributed by atoms with van der Waals surface area (Å²) in [5.41, 5.74) is 4.40. The van der Waals surface area contributed by atoms with E-state index in [1.807, 2.05) is 13.0 Å². The van der Waals surface area contributed by atoms with Crippen LogP contribution in [0.5, 0.6) is 5.75 Å². The fourth-order valence-electron chi connectivity index (χ4n) is 6.58. The minimum absolute atomic E-state index is 0.0475. The van der Waals surface area contributed by atoms with E-state index in [4.69, 9.17) is 11.6 Å². The Hall–Kier alpha value is -1.98. The molecule has 1 aromatic carbocycles. The lowest BCUT2D eigenvalue weighted by Crippen LogP contribution is -2.43. The van der Waals surface area contributed by atoms with Crippen LogP contribution in [0, 0.1) is 24.7 Å². The Morgan fingerprint density at radius 1 is 1.19 bits per heavy atom. The van der Waals surface area contributed by atoms with Gasteiger partial charge in [-0.05, 0) is 93.6 Å². The molecule has 2 heterocycles. The van der Waals surface area contributed by atoms with Crippen LogP contribution >= 0.6 is 11.6 Å². The lowest BCUT2D eigenvalue weighted by atomic mass is 9.72. The zero-order valence-corrected chi connectivity index (χ0v) is 23.1. The molecule has 3 aliphatic rings. The van der Waals surface area contributed by atoms with Gasteiger partial charge in [0.1, 0.15) is 5.75 Å². The molecule has 0 aromatic heterocycles. The number of nitrogens with one attached hydrogen (secondary N) is 1. The molecule has 0 saturated carbocycles. The molecular weight excluding hydrogens is 470 g/mol. The number of aryl methyl sites for hydroxylation is 1. The number of carbonyl (C=O) groups is 1. The Morgan fingerprint density at radius 3 is 2.67 bits per heavy atom. The Morgan fingerprint density at radius 2 is 1.94 bits per heavy atom. The molecule has 1 aliphatic carbocycles. The van der Waals surface area contributed by atoms with Crippen molar-refractivity contribution in [3.63, 3.8) is 0 Å². The molecule has 4 rings (SSSR count). The SMILES string of the molecule is C=C(c1cc(Cl)c(O)cc1C)N1CCCC1C1=CC(CC)C(C(=O)NCCN2CCCCC2)CC1C. The van der Waals surface area contributed by atoms with Crippen LogP contribution in [0.2, 0.25) is 5.02 Å². The topological polar surface area (TPSA) is 55.8 Å². The third-order valence-electron chi connectivity index (χ3n) is 8.67. The molecule has 0 spiro atoms. The summed E-state index contributed by atoms with van der Waals surface area (Å²) in [5, 5.41) is 13.6. The van der Waals surface area contributed by atoms with Crippen LogP contribution in [-0.4, -0.2) is 59.6 Å². The first-order valence-corrected chi connectivity index (χ1v) is 14.3. The number of allylic oxidation sites excluding steroid dienone is 1. The van der Waals surface area contributed by atoms with E-state index in [9.17, 15) is 9.90 Å². The van der Waals surface area contributed by atoms with Gasteiger partial charge in [0, 0.05) is 36.8 Å². The maximum Gasteiger partial charge on any atom is 0.223 e. The number of amides is 1. The summed E-state index contributed by atoms with van der Waals surface area (Å²) in [7, 11) is 0. The van der Waals surface area contributed by atoms with E-state index in [0.717, 1.165) is 62.1 Å². The second-order valence-electron chi connectivity index (χ2n) is 11.1. The third-order valence-corrected chi connectivity index (χ3v) is 8.98. The second kappa shape index (κ2) is 12.0. The summed E-state index contributed by atoms with van der Waals surface area (Å²) in [4.78, 5) is 18.1. The predicted molar refractivity (Wildman–Crippen MR) is 149 cm³/mol. The van der Waals surface area contributed by atoms with Crippen molar-refractivity contribution in [2.75, 3.05) is 32.7 Å². The molecule has 198 valence electrons. The highest BCUT2D eigenvalue weighted by Crippen LogP contribution is 2.42. The minimum Gasteiger partial charge on any atom is -0.506 e. The van der Waals surface area contributed by atoms with Gasteiger partial charge in [0.2, 0.25) is 5.91 Å². The number of piperidine rings is 1. The van der Waals surface area contributed by atoms with E-state index in [2.05, 4.69) is 41.6 Å². The largest absolute Gasteiger partial charge is 0.506 e. The molecule has 2 saturated heterocycles. The van der Waals surface area contributed by atoms with Gasteiger partial charge in [-0.1, -0.05) is 44.5 Å². The first kappa shape index (κ1) is 27.1. The zero-order valence-electron chi connectivity index (χ0n) is 22.4. The molecule has 6 heteroatoms. The Balaban J connectivity index is 1.44. The van der Waals surface area contributed by atoms with Gasteiger partial charge in [-0.15, -0.1) is 0 Å². The minimum atomic E-state index is 0.0475. The number of nitrogens with zero attached hydrogens (tertiary/aromatic N) is 2. The Kier molecular flexibility index (Phi) is 9.05. The molecule has 2 fully saturated rings. The van der Waals surface area contributed by atoms with Crippen LogP contribution < -0.4 is 5.32 Å². The summed E-state index contributed by atoms with van der Waals surface area (Å²) in [6.07, 6.45) is 10.4. The van der Waals surface area contributed by atoms with Gasteiger partial charge in [-0.25, -0.2) is 0 Å². The van der Waals surface area contributed by atoms with Crippen molar-refractivity contribution in [1.29, 1.82) is 0 Å². The Labute approximate surface area is 222 Å². The molecule has 4 atom stereocenters. The average molecular weight is 514 g/mol. The van der Waals surface area contributed by atoms with Crippen molar-refractivity contribution >= 4 is 23.2 Å². The highest BCUT2D eigenvalue weighted by molar-refractivity contribution is 6.32. The smallest absolute Gasteiger partial charge is 0.223 e. The second-order valence-corrected chi connectivity index (χ2v) is 11.5. The zero-order chi connectivity index (χ0) is 25.8. The van der Waals surface area contributed by atoms with Crippen molar-refractivity contribution in [1.82, 2.24) is 15.1 Å². The monoisotopic (exact) mass is 513 g/mol. The number of carbonyl (C=O) groups excluding carboxylic acids is 1. The van der Waals surface area contributed by atoms with Crippen LogP contribution in [-0.2, 0) is 4.79 Å². The van der Waals surface area contributed by atoms with E-state index in [0.29, 0.717) is 17.0 Å². The van der Waals surface area contributed by atoms with Gasteiger partial charge >= 0.3 is 0 Å². The van der Waals surface area contributed by atoms with Crippen molar-refractivity contribution in [3.8, 4) is 5.75 Å². The van der Waals surface area contributed by atoms with Gasteiger partial charge in [-0.3, -0.25) is 4.79 Å². The highest BCUT2D eigenvalue weighted by atomic mass is 35.5. The number of phenols is 1. The first-order valence-electron chi connectivity index (χ1n) is 14.0. The average Bonchev–Trinajstić information content (AvgIpc) is 3.36. The molecule has 2 N–H and O–H groups in total. The van der Waals surface area contributed by atoms with Crippen LogP contribution in [0.25, 0.3) is 5.70 Å². The van der Waals surface area contributed by atoms with E-state index >= 15 is 0 Å². The summed E-state index contributed by atoms with van der Waals surface area (Å²) in [6.45, 7) is 15.9. The normalized spacial score (nSPS) is 27.1. The molecular formula is C30H44ClN3O2. The number of hydrogen-bond acceptors (Lipinski definition) is 4. The van der Waals surface area contributed by atoms with E-state index in [1.165, 1.54) is 37.9 Å². The summed E-state index contributed by atoms with van der Waals surface area (Å²) in [5.74, 6) is 1.01. The number of hydrogen-bond donors (Lipinski definition) is 2. The molecule has 1 aromatic rings. The third kappa shape index (κ3) is 5.94. The quantitative estimate of drug-likeness (QED) is 0.418. The van der Waals surface area contributed by atoms with Crippen LogP contribution in [0.1, 0.15) is 69.9 Å². The first-order chi connectivity index (χ1) is 17.3. The number of aromatic hydroxyl groups is 1. The van der Waals surface area contributed by atoms with Gasteiger partial charge in [-0.2, -0.15) is 0 Å². The standard InChI is InChI=1S/C30H44ClN3O2/c1-5-23-18-25(20(2)16-26(23)30(36)32-11-15-33-12-7-6-8-13-33)28-10-9-14-34(28)22(4)24-19-27(31)29(35)17-21(24)3/h17-20,23,26,28,35H,4-16H2,1-3H3,(H,32,36). The molecule has 4 unspecified atom stereocenters. The van der Waals surface area contributed by atoms with Crippen molar-refractivity contribution in [3.05, 3.63) is 46.5 Å². The van der Waals surface area contributed by atoms with Gasteiger partial charge in [0.15, 0.2) is 0 Å². The summed E-state index contributed by atoms with van der Waals surface area (Å²) < 4.78 is 0. The van der Waals surface area contributed by atoms with Crippen molar-refractivity contribution < 1.29 is 9.90 Å². The van der Waals surface area contributed by atoms with E-state index in [1.54, 1.807) is 6.07 Å². The van der Waals surface area contributed by atoms with Crippen molar-refractivity contribution in [2.45, 2.75) is 71.8 Å². The number of benzene rings is 1. The molecule has 1 amide bonds. The molecule has 5 nitrogen and oxygen atoms in total. The lowest BCUT2D eigenvalue weighted by Gasteiger charge is -2.39. The molecule has 2 aliphatic heterocycles. The predicted octanol–water partition coefficient (Wildman–Crippen LogP) is 6.00. The van der Waals surface area contributed by atoms with Gasteiger partial charge in [0.25, 0.3) is 0 Å². The number of likely N-dealkylation sites (tertiary alicyclic amines) is 2. The van der Waals surface area contributed by atoms with Crippen LogP contribution in [0.4, 0.5) is 0 Å². The Bertz CT molecular complexity index is 985. The van der Waals surface area contributed by atoms with Crippen LogP contribution in [0.15, 0.2) is 30.4 Å². The molecule has 0 radical (unpaired) electrons. The number of phenolic OH excluding ortho intramolecular Hbond substituents is 1. The van der Waals surface area contributed by atoms with Gasteiger partial charge in [0.05, 0.1) is 11.1 Å². The fourth-order valence-corrected chi connectivity index (χ4v) is 6.75. The highest BCUT2D eigenvalue weighted by Gasteiger charge is 2.38. The summed E-state index contributed by atoms with van der Waals surface area (Å²) in [6, 6.07) is 3.86.